The van der Waals surface area contributed by atoms with E-state index in [2.05, 4.69) is 0 Å². The second-order valence-corrected chi connectivity index (χ2v) is 7.23. The monoisotopic (exact) mass is 341 g/mol. The van der Waals surface area contributed by atoms with Crippen LogP contribution in [0, 0.1) is 5.92 Å². The molecule has 0 aromatic heterocycles. The largest absolute Gasteiger partial charge is 0.343 e. The number of para-hydroxylation sites is 1. The molecule has 0 radical (unpaired) electrons. The van der Waals surface area contributed by atoms with E-state index in [1.165, 1.54) is 17.7 Å². The van der Waals surface area contributed by atoms with E-state index in [1.54, 1.807) is 17.0 Å². The third-order valence-corrected chi connectivity index (χ3v) is 5.42. The van der Waals surface area contributed by atoms with Gasteiger partial charge in [0, 0.05) is 25.6 Å². The molecule has 1 saturated carbocycles. The van der Waals surface area contributed by atoms with E-state index in [4.69, 9.17) is 0 Å². The van der Waals surface area contributed by atoms with Crippen molar-refractivity contribution in [1.29, 1.82) is 0 Å². The Labute approximate surface area is 147 Å². The number of carbonyl (C=O) groups excluding carboxylic acids is 3. The van der Waals surface area contributed by atoms with Gasteiger partial charge in [-0.3, -0.25) is 9.59 Å². The van der Waals surface area contributed by atoms with E-state index >= 15 is 0 Å². The minimum Gasteiger partial charge on any atom is -0.343 e. The van der Waals surface area contributed by atoms with Gasteiger partial charge in [-0.25, -0.2) is 9.69 Å². The Hall–Kier alpha value is -2.37. The third kappa shape index (κ3) is 3.25. The number of hydrogen-bond donors (Lipinski definition) is 0. The van der Waals surface area contributed by atoms with Gasteiger partial charge >= 0.3 is 6.03 Å². The minimum absolute atomic E-state index is 0.0372. The van der Waals surface area contributed by atoms with Gasteiger partial charge in [-0.15, -0.1) is 0 Å². The van der Waals surface area contributed by atoms with Crippen molar-refractivity contribution in [2.75, 3.05) is 24.5 Å². The molecule has 4 amide bonds. The second kappa shape index (κ2) is 6.50. The lowest BCUT2D eigenvalue weighted by Crippen LogP contribution is -2.48. The van der Waals surface area contributed by atoms with Crippen LogP contribution in [0.1, 0.15) is 32.1 Å². The lowest BCUT2D eigenvalue weighted by atomic mass is 10.0. The van der Waals surface area contributed by atoms with E-state index in [9.17, 15) is 14.4 Å². The summed E-state index contributed by atoms with van der Waals surface area (Å²) in [6, 6.07) is 8.86. The average Bonchev–Trinajstić information content (AvgIpc) is 3.39. The number of rotatable bonds is 4. The summed E-state index contributed by atoms with van der Waals surface area (Å²) in [4.78, 5) is 42.2. The van der Waals surface area contributed by atoms with Crippen LogP contribution in [0.5, 0.6) is 0 Å². The van der Waals surface area contributed by atoms with Gasteiger partial charge < -0.3 is 9.80 Å². The first kappa shape index (κ1) is 16.1. The number of carbonyl (C=O) groups is 3. The molecular formula is C19H23N3O3. The van der Waals surface area contributed by atoms with Crippen LogP contribution in [0.4, 0.5) is 10.5 Å². The van der Waals surface area contributed by atoms with Crippen molar-refractivity contribution in [3.8, 4) is 0 Å². The standard InChI is InChI=1S/C19H23N3O3/c23-17(12-14-6-7-14)20-10-8-15(9-11-20)21-13-18(24)22(19(21)25)16-4-2-1-3-5-16/h1-5,14-15H,6-13H2. The van der Waals surface area contributed by atoms with Crippen LogP contribution in [0.15, 0.2) is 30.3 Å². The number of likely N-dealkylation sites (tertiary alicyclic amines) is 1. The Morgan fingerprint density at radius 2 is 1.68 bits per heavy atom. The molecule has 0 spiro atoms. The number of hydrogen-bond acceptors (Lipinski definition) is 3. The maximum absolute atomic E-state index is 12.7. The highest BCUT2D eigenvalue weighted by molar-refractivity contribution is 6.19. The fourth-order valence-corrected chi connectivity index (χ4v) is 3.76. The van der Waals surface area contributed by atoms with Crippen molar-refractivity contribution in [1.82, 2.24) is 9.80 Å². The minimum atomic E-state index is -0.237. The summed E-state index contributed by atoms with van der Waals surface area (Å²) in [6.45, 7) is 1.49. The van der Waals surface area contributed by atoms with Crippen LogP contribution < -0.4 is 4.90 Å². The van der Waals surface area contributed by atoms with Gasteiger partial charge in [-0.05, 0) is 43.7 Å². The number of imide groups is 1. The van der Waals surface area contributed by atoms with Gasteiger partial charge in [0.15, 0.2) is 0 Å². The summed E-state index contributed by atoms with van der Waals surface area (Å²) in [7, 11) is 0. The summed E-state index contributed by atoms with van der Waals surface area (Å²) in [5.74, 6) is 0.668. The highest BCUT2D eigenvalue weighted by Crippen LogP contribution is 2.33. The van der Waals surface area contributed by atoms with E-state index in [1.807, 2.05) is 23.1 Å². The van der Waals surface area contributed by atoms with Crippen molar-refractivity contribution < 1.29 is 14.4 Å². The van der Waals surface area contributed by atoms with Crippen molar-refractivity contribution in [3.05, 3.63) is 30.3 Å². The fourth-order valence-electron chi connectivity index (χ4n) is 3.76. The fraction of sp³-hybridized carbons (Fsp3) is 0.526. The van der Waals surface area contributed by atoms with Gasteiger partial charge in [-0.2, -0.15) is 0 Å². The molecule has 2 saturated heterocycles. The number of anilines is 1. The SMILES string of the molecule is O=C(CC1CC1)N1CCC(N2CC(=O)N(c3ccccc3)C2=O)CC1. The Kier molecular flexibility index (Phi) is 4.19. The molecule has 0 N–H and O–H groups in total. The van der Waals surface area contributed by atoms with Gasteiger partial charge in [0.2, 0.25) is 5.91 Å². The molecule has 2 heterocycles. The van der Waals surface area contributed by atoms with Crippen LogP contribution in [-0.2, 0) is 9.59 Å². The van der Waals surface area contributed by atoms with Crippen molar-refractivity contribution >= 4 is 23.5 Å². The van der Waals surface area contributed by atoms with Crippen LogP contribution >= 0.6 is 0 Å². The van der Waals surface area contributed by atoms with E-state index in [-0.39, 0.29) is 30.4 Å². The highest BCUT2D eigenvalue weighted by Gasteiger charge is 2.41. The molecule has 0 atom stereocenters. The summed E-state index contributed by atoms with van der Waals surface area (Å²) in [6.07, 6.45) is 4.54. The van der Waals surface area contributed by atoms with Gasteiger partial charge in [-0.1, -0.05) is 18.2 Å². The van der Waals surface area contributed by atoms with Gasteiger partial charge in [0.05, 0.1) is 5.69 Å². The quantitative estimate of drug-likeness (QED) is 0.789. The average molecular weight is 341 g/mol. The summed E-state index contributed by atoms with van der Waals surface area (Å²) in [5, 5.41) is 0. The Bertz CT molecular complexity index is 678. The summed E-state index contributed by atoms with van der Waals surface area (Å²) >= 11 is 0. The highest BCUT2D eigenvalue weighted by atomic mass is 16.2. The molecule has 3 fully saturated rings. The topological polar surface area (TPSA) is 60.9 Å². The molecule has 6 heteroatoms. The number of piperidine rings is 1. The van der Waals surface area contributed by atoms with Gasteiger partial charge in [0.25, 0.3) is 5.91 Å². The maximum atomic E-state index is 12.7. The smallest absolute Gasteiger partial charge is 0.332 e. The molecule has 25 heavy (non-hydrogen) atoms. The molecule has 132 valence electrons. The van der Waals surface area contributed by atoms with Gasteiger partial charge in [0.1, 0.15) is 6.54 Å². The zero-order chi connectivity index (χ0) is 17.4. The zero-order valence-electron chi connectivity index (χ0n) is 14.3. The third-order valence-electron chi connectivity index (χ3n) is 5.42. The molecule has 4 rings (SSSR count). The molecule has 6 nitrogen and oxygen atoms in total. The molecule has 0 unspecified atom stereocenters. The first-order chi connectivity index (χ1) is 12.1. The molecule has 0 bridgehead atoms. The second-order valence-electron chi connectivity index (χ2n) is 7.23. The molecule has 3 aliphatic rings. The maximum Gasteiger partial charge on any atom is 0.332 e. The molecule has 2 aliphatic heterocycles. The lowest BCUT2D eigenvalue weighted by Gasteiger charge is -2.36. The predicted octanol–water partition coefficient (Wildman–Crippen LogP) is 2.25. The van der Waals surface area contributed by atoms with Crippen molar-refractivity contribution in [3.63, 3.8) is 0 Å². The Balaban J connectivity index is 1.37. The Morgan fingerprint density at radius 3 is 2.32 bits per heavy atom. The van der Waals surface area contributed by atoms with Crippen LogP contribution in [0.3, 0.4) is 0 Å². The first-order valence-corrected chi connectivity index (χ1v) is 9.10. The Morgan fingerprint density at radius 1 is 1.00 bits per heavy atom. The van der Waals surface area contributed by atoms with E-state index in [0.717, 1.165) is 12.8 Å². The van der Waals surface area contributed by atoms with Crippen molar-refractivity contribution in [2.45, 2.75) is 38.1 Å². The van der Waals surface area contributed by atoms with Crippen molar-refractivity contribution in [2.24, 2.45) is 5.92 Å². The molecular weight excluding hydrogens is 318 g/mol. The first-order valence-electron chi connectivity index (χ1n) is 9.10. The zero-order valence-corrected chi connectivity index (χ0v) is 14.3. The molecule has 1 aromatic carbocycles. The summed E-state index contributed by atoms with van der Waals surface area (Å²) in [5.41, 5.74) is 0.622. The van der Waals surface area contributed by atoms with Crippen LogP contribution in [0.2, 0.25) is 0 Å². The number of urea groups is 1. The normalized spacial score (nSPS) is 22.0. The molecule has 1 aromatic rings. The van der Waals surface area contributed by atoms with Crippen LogP contribution in [-0.4, -0.2) is 53.3 Å². The van der Waals surface area contributed by atoms with Crippen LogP contribution in [0.25, 0.3) is 0 Å². The summed E-state index contributed by atoms with van der Waals surface area (Å²) < 4.78 is 0. The molecule has 1 aliphatic carbocycles. The number of amides is 4. The van der Waals surface area contributed by atoms with E-state index in [0.29, 0.717) is 31.1 Å². The number of nitrogens with zero attached hydrogens (tertiary/aromatic N) is 3. The lowest BCUT2D eigenvalue weighted by molar-refractivity contribution is -0.133. The predicted molar refractivity (Wildman–Crippen MR) is 93.0 cm³/mol. The van der Waals surface area contributed by atoms with E-state index < -0.39 is 0 Å². The number of benzene rings is 1.